The van der Waals surface area contributed by atoms with Crippen LogP contribution >= 0.6 is 0 Å². The van der Waals surface area contributed by atoms with Crippen molar-refractivity contribution in [1.29, 1.82) is 0 Å². The van der Waals surface area contributed by atoms with Crippen molar-refractivity contribution in [1.82, 2.24) is 19.4 Å². The molecule has 0 radical (unpaired) electrons. The van der Waals surface area contributed by atoms with Crippen LogP contribution in [-0.2, 0) is 4.74 Å². The monoisotopic (exact) mass is 461 g/mol. The zero-order chi connectivity index (χ0) is 23.3. The first-order valence-electron chi connectivity index (χ1n) is 12.7. The highest BCUT2D eigenvalue weighted by Crippen LogP contribution is 2.43. The molecule has 2 saturated heterocycles. The molecule has 7 nitrogen and oxygen atoms in total. The Labute approximate surface area is 201 Å². The van der Waals surface area contributed by atoms with Crippen molar-refractivity contribution in [3.63, 3.8) is 0 Å². The summed E-state index contributed by atoms with van der Waals surface area (Å²) in [6.07, 6.45) is 9.81. The van der Waals surface area contributed by atoms with Crippen LogP contribution in [0.15, 0.2) is 36.8 Å². The first kappa shape index (κ1) is 21.9. The Morgan fingerprint density at radius 1 is 1.21 bits per heavy atom. The Balaban J connectivity index is 1.23. The molecule has 4 heterocycles. The van der Waals surface area contributed by atoms with Gasteiger partial charge in [0.05, 0.1) is 17.1 Å². The zero-order valence-electron chi connectivity index (χ0n) is 20.2. The van der Waals surface area contributed by atoms with Crippen molar-refractivity contribution in [3.05, 3.63) is 36.8 Å². The van der Waals surface area contributed by atoms with Gasteiger partial charge in [-0.15, -0.1) is 0 Å². The molecule has 6 rings (SSSR count). The SMILES string of the molecule is CC1(C)CC[C@H](COc2cccc(-c3cn(C4CC(CN5CCC5)C4)c4ncnc(N)c34)c2)O1. The van der Waals surface area contributed by atoms with E-state index in [1.807, 2.05) is 12.1 Å². The minimum absolute atomic E-state index is 0.0506. The van der Waals surface area contributed by atoms with E-state index < -0.39 is 0 Å². The fourth-order valence-electron chi connectivity index (χ4n) is 5.75. The molecule has 0 bridgehead atoms. The maximum absolute atomic E-state index is 6.37. The molecular weight excluding hydrogens is 426 g/mol. The van der Waals surface area contributed by atoms with Crippen molar-refractivity contribution < 1.29 is 9.47 Å². The van der Waals surface area contributed by atoms with Gasteiger partial charge in [0.2, 0.25) is 0 Å². The topological polar surface area (TPSA) is 78.4 Å². The van der Waals surface area contributed by atoms with Crippen LogP contribution in [0.25, 0.3) is 22.2 Å². The Bertz CT molecular complexity index is 1180. The summed E-state index contributed by atoms with van der Waals surface area (Å²) >= 11 is 0. The van der Waals surface area contributed by atoms with Crippen molar-refractivity contribution in [2.24, 2.45) is 5.92 Å². The van der Waals surface area contributed by atoms with Gasteiger partial charge in [-0.25, -0.2) is 9.97 Å². The molecule has 1 aliphatic carbocycles. The molecule has 7 heteroatoms. The normalized spacial score (nSPS) is 26.4. The van der Waals surface area contributed by atoms with Gasteiger partial charge in [0.25, 0.3) is 0 Å². The quantitative estimate of drug-likeness (QED) is 0.551. The minimum Gasteiger partial charge on any atom is -0.491 e. The number of fused-ring (bicyclic) bond motifs is 1. The van der Waals surface area contributed by atoms with Gasteiger partial charge < -0.3 is 24.7 Å². The number of likely N-dealkylation sites (tertiary alicyclic amines) is 1. The van der Waals surface area contributed by atoms with Crippen LogP contribution in [-0.4, -0.2) is 57.4 Å². The van der Waals surface area contributed by atoms with Crippen LogP contribution in [0.3, 0.4) is 0 Å². The van der Waals surface area contributed by atoms with Gasteiger partial charge in [0.15, 0.2) is 0 Å². The number of rotatable bonds is 7. The third kappa shape index (κ3) is 4.16. The average molecular weight is 462 g/mol. The first-order chi connectivity index (χ1) is 16.4. The Hall–Kier alpha value is -2.64. The molecule has 34 heavy (non-hydrogen) atoms. The molecule has 0 spiro atoms. The largest absolute Gasteiger partial charge is 0.491 e. The molecule has 3 fully saturated rings. The number of benzene rings is 1. The smallest absolute Gasteiger partial charge is 0.146 e. The summed E-state index contributed by atoms with van der Waals surface area (Å²) in [6, 6.07) is 8.73. The van der Waals surface area contributed by atoms with Crippen LogP contribution in [0.1, 0.15) is 52.0 Å². The predicted molar refractivity (Wildman–Crippen MR) is 134 cm³/mol. The highest BCUT2D eigenvalue weighted by atomic mass is 16.6. The molecule has 1 saturated carbocycles. The second-order valence-electron chi connectivity index (χ2n) is 10.9. The standard InChI is InChI=1S/C27H35N5O2/c1-27(2)8-7-22(34-27)16-33-21-6-3-5-19(13-21)23-15-32(26-24(23)25(28)29-17-30-26)20-11-18(12-20)14-31-9-4-10-31/h3,5-6,13,15,17-18,20,22H,4,7-12,14,16H2,1-2H3,(H2,28,29,30)/t18?,20?,22-/m1/s1. The zero-order valence-corrected chi connectivity index (χ0v) is 20.2. The van der Waals surface area contributed by atoms with Gasteiger partial charge in [0.1, 0.15) is 30.1 Å². The number of ether oxygens (including phenoxy) is 2. The maximum atomic E-state index is 6.37. The van der Waals surface area contributed by atoms with E-state index in [0.29, 0.717) is 18.5 Å². The lowest BCUT2D eigenvalue weighted by Gasteiger charge is -2.42. The van der Waals surface area contributed by atoms with Crippen molar-refractivity contribution in [3.8, 4) is 16.9 Å². The molecule has 2 aromatic heterocycles. The van der Waals surface area contributed by atoms with E-state index in [4.69, 9.17) is 15.2 Å². The molecule has 180 valence electrons. The van der Waals surface area contributed by atoms with Gasteiger partial charge in [-0.1, -0.05) is 12.1 Å². The van der Waals surface area contributed by atoms with Crippen LogP contribution in [0, 0.1) is 5.92 Å². The Morgan fingerprint density at radius 2 is 2.06 bits per heavy atom. The number of anilines is 1. The van der Waals surface area contributed by atoms with Gasteiger partial charge >= 0.3 is 0 Å². The summed E-state index contributed by atoms with van der Waals surface area (Å²) in [5, 5.41) is 0.937. The number of nitrogen functional groups attached to an aromatic ring is 1. The Kier molecular flexibility index (Phi) is 5.49. The van der Waals surface area contributed by atoms with Gasteiger partial charge in [-0.3, -0.25) is 0 Å². The van der Waals surface area contributed by atoms with E-state index in [1.54, 1.807) is 6.33 Å². The van der Waals surface area contributed by atoms with Crippen molar-refractivity contribution >= 4 is 16.9 Å². The second kappa shape index (κ2) is 8.54. The van der Waals surface area contributed by atoms with Gasteiger partial charge in [-0.2, -0.15) is 0 Å². The van der Waals surface area contributed by atoms with Crippen molar-refractivity contribution in [2.75, 3.05) is 32.0 Å². The van der Waals surface area contributed by atoms with Gasteiger partial charge in [-0.05, 0) is 82.7 Å². The van der Waals surface area contributed by atoms with Crippen LogP contribution < -0.4 is 10.5 Å². The lowest BCUT2D eigenvalue weighted by Crippen LogP contribution is -2.43. The Morgan fingerprint density at radius 3 is 2.79 bits per heavy atom. The molecular formula is C27H35N5O2. The molecule has 0 amide bonds. The molecule has 3 aromatic rings. The van der Waals surface area contributed by atoms with Crippen LogP contribution in [0.2, 0.25) is 0 Å². The van der Waals surface area contributed by atoms with Crippen LogP contribution in [0.4, 0.5) is 5.82 Å². The van der Waals surface area contributed by atoms with Crippen LogP contribution in [0.5, 0.6) is 5.75 Å². The first-order valence-corrected chi connectivity index (χ1v) is 12.7. The van der Waals surface area contributed by atoms with Crippen molar-refractivity contribution in [2.45, 2.75) is 63.7 Å². The fourth-order valence-corrected chi connectivity index (χ4v) is 5.75. The number of hydrogen-bond acceptors (Lipinski definition) is 6. The molecule has 2 N–H and O–H groups in total. The minimum atomic E-state index is -0.0506. The van der Waals surface area contributed by atoms with E-state index in [2.05, 4.69) is 51.6 Å². The molecule has 2 aliphatic heterocycles. The summed E-state index contributed by atoms with van der Waals surface area (Å²) in [6.45, 7) is 8.63. The maximum Gasteiger partial charge on any atom is 0.146 e. The number of aromatic nitrogens is 3. The summed E-state index contributed by atoms with van der Waals surface area (Å²) in [7, 11) is 0. The molecule has 3 aliphatic rings. The highest BCUT2D eigenvalue weighted by Gasteiger charge is 2.35. The number of nitrogens with zero attached hydrogens (tertiary/aromatic N) is 4. The lowest BCUT2D eigenvalue weighted by atomic mass is 9.79. The molecule has 0 unspecified atom stereocenters. The summed E-state index contributed by atoms with van der Waals surface area (Å²) in [5.74, 6) is 2.16. The van der Waals surface area contributed by atoms with E-state index in [0.717, 1.165) is 46.7 Å². The molecule has 1 aromatic carbocycles. The third-order valence-electron chi connectivity index (χ3n) is 7.84. The summed E-state index contributed by atoms with van der Waals surface area (Å²) in [5.41, 5.74) is 9.40. The average Bonchev–Trinajstić information content (AvgIpc) is 3.31. The molecule has 1 atom stereocenters. The van der Waals surface area contributed by atoms with E-state index >= 15 is 0 Å². The van der Waals surface area contributed by atoms with E-state index in [9.17, 15) is 0 Å². The second-order valence-corrected chi connectivity index (χ2v) is 10.9. The predicted octanol–water partition coefficient (Wildman–Crippen LogP) is 4.67. The number of hydrogen-bond donors (Lipinski definition) is 1. The van der Waals surface area contributed by atoms with Gasteiger partial charge in [0, 0.05) is 24.3 Å². The van der Waals surface area contributed by atoms with E-state index in [1.165, 1.54) is 38.9 Å². The lowest BCUT2D eigenvalue weighted by molar-refractivity contribution is -0.0326. The number of nitrogens with two attached hydrogens (primary N) is 1. The summed E-state index contributed by atoms with van der Waals surface area (Å²) < 4.78 is 14.6. The third-order valence-corrected chi connectivity index (χ3v) is 7.84. The summed E-state index contributed by atoms with van der Waals surface area (Å²) in [4.78, 5) is 11.5. The fraction of sp³-hybridized carbons (Fsp3) is 0.556. The highest BCUT2D eigenvalue weighted by molar-refractivity contribution is 6.00. The van der Waals surface area contributed by atoms with E-state index in [-0.39, 0.29) is 11.7 Å².